The molecule has 0 radical (unpaired) electrons. The maximum absolute atomic E-state index is 12.5. The average Bonchev–Trinajstić information content (AvgIpc) is 3.22. The van der Waals surface area contributed by atoms with Crippen molar-refractivity contribution < 1.29 is 23.4 Å². The zero-order chi connectivity index (χ0) is 20.6. The first-order valence-electron chi connectivity index (χ1n) is 9.52. The molecule has 0 spiro atoms. The standard InChI is InChI=1S/C22H24N2O5/c1-4-27-18-11-8-15(13-20(18)28-5-2)22-24-16(14-29-22)9-10-17(25)21-19(26-3)7-6-12-23-21/h6-8,11-14H,4-5,9-10H2,1-3H3. The molecule has 29 heavy (non-hydrogen) atoms. The van der Waals surface area contributed by atoms with E-state index in [1.54, 1.807) is 24.6 Å². The number of oxazole rings is 1. The van der Waals surface area contributed by atoms with Crippen molar-refractivity contribution in [2.24, 2.45) is 0 Å². The number of carbonyl (C=O) groups excluding carboxylic acids is 1. The molecule has 152 valence electrons. The topological polar surface area (TPSA) is 83.7 Å². The Hall–Kier alpha value is -3.35. The normalized spacial score (nSPS) is 10.6. The number of nitrogens with zero attached hydrogens (tertiary/aromatic N) is 2. The van der Waals surface area contributed by atoms with E-state index in [1.165, 1.54) is 7.11 Å². The van der Waals surface area contributed by atoms with Gasteiger partial charge < -0.3 is 18.6 Å². The first kappa shape index (κ1) is 20.4. The summed E-state index contributed by atoms with van der Waals surface area (Å²) in [6.07, 6.45) is 3.84. The minimum absolute atomic E-state index is 0.105. The lowest BCUT2D eigenvalue weighted by atomic mass is 10.1. The molecule has 0 unspecified atom stereocenters. The molecule has 0 amide bonds. The molecule has 0 saturated carbocycles. The molecule has 0 aliphatic heterocycles. The molecular weight excluding hydrogens is 372 g/mol. The minimum atomic E-state index is -0.105. The Morgan fingerprint density at radius 3 is 2.62 bits per heavy atom. The Morgan fingerprint density at radius 1 is 1.07 bits per heavy atom. The summed E-state index contributed by atoms with van der Waals surface area (Å²) < 4.78 is 22.0. The number of ketones is 1. The second-order valence-electron chi connectivity index (χ2n) is 6.15. The maximum atomic E-state index is 12.5. The van der Waals surface area contributed by atoms with Crippen molar-refractivity contribution in [2.75, 3.05) is 20.3 Å². The van der Waals surface area contributed by atoms with Crippen molar-refractivity contribution in [2.45, 2.75) is 26.7 Å². The molecule has 0 saturated heterocycles. The van der Waals surface area contributed by atoms with Crippen LogP contribution in [0.4, 0.5) is 0 Å². The summed E-state index contributed by atoms with van der Waals surface area (Å²) in [5.41, 5.74) is 1.79. The van der Waals surface area contributed by atoms with E-state index in [-0.39, 0.29) is 12.2 Å². The van der Waals surface area contributed by atoms with Crippen LogP contribution in [0.5, 0.6) is 17.2 Å². The van der Waals surface area contributed by atoms with Crippen molar-refractivity contribution in [3.05, 3.63) is 54.2 Å². The fourth-order valence-corrected chi connectivity index (χ4v) is 2.86. The fourth-order valence-electron chi connectivity index (χ4n) is 2.86. The van der Waals surface area contributed by atoms with Crippen LogP contribution in [0.3, 0.4) is 0 Å². The number of carbonyl (C=O) groups is 1. The monoisotopic (exact) mass is 396 g/mol. The summed E-state index contributed by atoms with van der Waals surface area (Å²) >= 11 is 0. The molecule has 7 nitrogen and oxygen atoms in total. The molecule has 2 heterocycles. The van der Waals surface area contributed by atoms with E-state index in [9.17, 15) is 4.79 Å². The van der Waals surface area contributed by atoms with Gasteiger partial charge in [-0.15, -0.1) is 0 Å². The molecule has 2 aromatic heterocycles. The Morgan fingerprint density at radius 2 is 1.86 bits per heavy atom. The number of rotatable bonds is 10. The Kier molecular flexibility index (Phi) is 6.84. The van der Waals surface area contributed by atoms with Gasteiger partial charge in [0.05, 0.1) is 26.0 Å². The third kappa shape index (κ3) is 4.93. The van der Waals surface area contributed by atoms with Crippen LogP contribution in [0.2, 0.25) is 0 Å². The lowest BCUT2D eigenvalue weighted by molar-refractivity contribution is 0.0974. The lowest BCUT2D eigenvalue weighted by Crippen LogP contribution is -2.06. The maximum Gasteiger partial charge on any atom is 0.226 e. The molecule has 3 rings (SSSR count). The Balaban J connectivity index is 1.71. The highest BCUT2D eigenvalue weighted by atomic mass is 16.5. The van der Waals surface area contributed by atoms with Crippen molar-refractivity contribution in [3.8, 4) is 28.7 Å². The van der Waals surface area contributed by atoms with Gasteiger partial charge in [0, 0.05) is 24.6 Å². The molecule has 0 atom stereocenters. The molecule has 3 aromatic rings. The van der Waals surface area contributed by atoms with Gasteiger partial charge in [0.1, 0.15) is 17.7 Å². The number of methoxy groups -OCH3 is 1. The summed E-state index contributed by atoms with van der Waals surface area (Å²) in [4.78, 5) is 21.1. The number of benzene rings is 1. The van der Waals surface area contributed by atoms with E-state index < -0.39 is 0 Å². The summed E-state index contributed by atoms with van der Waals surface area (Å²) in [6.45, 7) is 4.92. The van der Waals surface area contributed by atoms with Crippen LogP contribution in [0.25, 0.3) is 11.5 Å². The second-order valence-corrected chi connectivity index (χ2v) is 6.15. The van der Waals surface area contributed by atoms with Gasteiger partial charge in [0.15, 0.2) is 17.3 Å². The van der Waals surface area contributed by atoms with Crippen molar-refractivity contribution in [3.63, 3.8) is 0 Å². The third-order valence-corrected chi connectivity index (χ3v) is 4.21. The Bertz CT molecular complexity index is 967. The predicted molar refractivity (Wildman–Crippen MR) is 108 cm³/mol. The van der Waals surface area contributed by atoms with Crippen LogP contribution in [0, 0.1) is 0 Å². The van der Waals surface area contributed by atoms with Gasteiger partial charge in [0.2, 0.25) is 5.89 Å². The fraction of sp³-hybridized carbons (Fsp3) is 0.318. The number of pyridine rings is 1. The lowest BCUT2D eigenvalue weighted by Gasteiger charge is -2.11. The molecular formula is C22H24N2O5. The van der Waals surface area contributed by atoms with E-state index in [1.807, 2.05) is 32.0 Å². The van der Waals surface area contributed by atoms with E-state index in [4.69, 9.17) is 18.6 Å². The number of hydrogen-bond donors (Lipinski definition) is 0. The van der Waals surface area contributed by atoms with E-state index in [0.29, 0.717) is 54.2 Å². The quantitative estimate of drug-likeness (QED) is 0.471. The molecule has 0 fully saturated rings. The number of hydrogen-bond acceptors (Lipinski definition) is 7. The van der Waals surface area contributed by atoms with Gasteiger partial charge in [-0.25, -0.2) is 9.97 Å². The number of aromatic nitrogens is 2. The van der Waals surface area contributed by atoms with Gasteiger partial charge in [-0.1, -0.05) is 0 Å². The van der Waals surface area contributed by atoms with Gasteiger partial charge >= 0.3 is 0 Å². The van der Waals surface area contributed by atoms with Crippen LogP contribution in [0.15, 0.2) is 47.2 Å². The smallest absolute Gasteiger partial charge is 0.226 e. The van der Waals surface area contributed by atoms with E-state index in [0.717, 1.165) is 5.56 Å². The van der Waals surface area contributed by atoms with Crippen molar-refractivity contribution in [1.82, 2.24) is 9.97 Å². The average molecular weight is 396 g/mol. The van der Waals surface area contributed by atoms with Crippen LogP contribution in [-0.2, 0) is 6.42 Å². The molecule has 0 aliphatic rings. The highest BCUT2D eigenvalue weighted by molar-refractivity contribution is 5.96. The van der Waals surface area contributed by atoms with E-state index in [2.05, 4.69) is 9.97 Å². The van der Waals surface area contributed by atoms with Crippen LogP contribution in [0.1, 0.15) is 36.5 Å². The SMILES string of the molecule is CCOc1ccc(-c2nc(CCC(=O)c3ncccc3OC)co2)cc1OCC. The summed E-state index contributed by atoms with van der Waals surface area (Å²) in [6, 6.07) is 8.99. The Labute approximate surface area is 169 Å². The van der Waals surface area contributed by atoms with Crippen molar-refractivity contribution in [1.29, 1.82) is 0 Å². The second kappa shape index (κ2) is 9.73. The first-order chi connectivity index (χ1) is 14.2. The minimum Gasteiger partial charge on any atom is -0.494 e. The summed E-state index contributed by atoms with van der Waals surface area (Å²) in [5.74, 6) is 2.15. The van der Waals surface area contributed by atoms with Crippen LogP contribution in [-0.4, -0.2) is 36.1 Å². The molecule has 7 heteroatoms. The number of Topliss-reactive ketones (excluding diaryl/α,β-unsaturated/α-hetero) is 1. The summed E-state index contributed by atoms with van der Waals surface area (Å²) in [5, 5.41) is 0. The van der Waals surface area contributed by atoms with Gasteiger partial charge in [-0.2, -0.15) is 0 Å². The van der Waals surface area contributed by atoms with Crippen molar-refractivity contribution >= 4 is 5.78 Å². The van der Waals surface area contributed by atoms with Crippen LogP contribution < -0.4 is 14.2 Å². The highest BCUT2D eigenvalue weighted by Gasteiger charge is 2.16. The van der Waals surface area contributed by atoms with Crippen LogP contribution >= 0.6 is 0 Å². The molecule has 0 bridgehead atoms. The zero-order valence-electron chi connectivity index (χ0n) is 16.8. The van der Waals surface area contributed by atoms with Gasteiger partial charge in [-0.05, 0) is 44.2 Å². The van der Waals surface area contributed by atoms with Gasteiger partial charge in [-0.3, -0.25) is 4.79 Å². The molecule has 1 aromatic carbocycles. The number of ether oxygens (including phenoxy) is 3. The summed E-state index contributed by atoms with van der Waals surface area (Å²) in [7, 11) is 1.52. The largest absolute Gasteiger partial charge is 0.494 e. The zero-order valence-corrected chi connectivity index (χ0v) is 16.8. The van der Waals surface area contributed by atoms with Gasteiger partial charge in [0.25, 0.3) is 0 Å². The van der Waals surface area contributed by atoms with E-state index >= 15 is 0 Å². The number of aryl methyl sites for hydroxylation is 1. The predicted octanol–water partition coefficient (Wildman–Crippen LogP) is 4.36. The highest BCUT2D eigenvalue weighted by Crippen LogP contribution is 2.32. The first-order valence-corrected chi connectivity index (χ1v) is 9.52. The third-order valence-electron chi connectivity index (χ3n) is 4.21. The molecule has 0 N–H and O–H groups in total. The molecule has 0 aliphatic carbocycles.